The fraction of sp³-hybridized carbons (Fsp3) is 0.381. The van der Waals surface area contributed by atoms with Gasteiger partial charge in [-0.2, -0.15) is 0 Å². The number of benzene rings is 2. The largest absolute Gasteiger partial charge is 0.497 e. The molecular formula is C21H29IN4O4. The van der Waals surface area contributed by atoms with Gasteiger partial charge in [0.05, 0.1) is 18.6 Å². The van der Waals surface area contributed by atoms with Crippen molar-refractivity contribution in [2.75, 3.05) is 33.9 Å². The highest BCUT2D eigenvalue weighted by Crippen LogP contribution is 2.13. The quantitative estimate of drug-likeness (QED) is 0.116. The second-order valence-corrected chi connectivity index (χ2v) is 6.39. The number of ether oxygens (including phenoxy) is 2. The maximum Gasteiger partial charge on any atom is 0.269 e. The Bertz CT molecular complexity index is 783. The van der Waals surface area contributed by atoms with Crippen molar-refractivity contribution >= 4 is 35.6 Å². The number of rotatable bonds is 11. The molecule has 2 N–H and O–H groups in total. The molecule has 0 aliphatic rings. The van der Waals surface area contributed by atoms with Crippen LogP contribution in [-0.2, 0) is 17.7 Å². The molecule has 2 rings (SSSR count). The van der Waals surface area contributed by atoms with Crippen LogP contribution in [0, 0.1) is 10.1 Å². The summed E-state index contributed by atoms with van der Waals surface area (Å²) >= 11 is 0. The molecule has 2 aromatic rings. The van der Waals surface area contributed by atoms with Gasteiger partial charge in [0.1, 0.15) is 5.75 Å². The molecule has 30 heavy (non-hydrogen) atoms. The normalized spacial score (nSPS) is 10.8. The molecule has 0 saturated heterocycles. The molecule has 9 heteroatoms. The number of guanidine groups is 1. The van der Waals surface area contributed by atoms with Crippen LogP contribution in [0.3, 0.4) is 0 Å². The molecule has 0 bridgehead atoms. The fourth-order valence-electron chi connectivity index (χ4n) is 2.61. The predicted octanol–water partition coefficient (Wildman–Crippen LogP) is 3.54. The lowest BCUT2D eigenvalue weighted by Gasteiger charge is -2.13. The van der Waals surface area contributed by atoms with Gasteiger partial charge in [0.2, 0.25) is 0 Å². The van der Waals surface area contributed by atoms with Crippen LogP contribution in [0.4, 0.5) is 5.69 Å². The number of methoxy groups -OCH3 is 2. The Morgan fingerprint density at radius 2 is 1.63 bits per heavy atom. The molecule has 2 aromatic carbocycles. The summed E-state index contributed by atoms with van der Waals surface area (Å²) in [7, 11) is 3.33. The minimum absolute atomic E-state index is 0. The lowest BCUT2D eigenvalue weighted by atomic mass is 10.1. The van der Waals surface area contributed by atoms with E-state index in [0.717, 1.165) is 37.2 Å². The monoisotopic (exact) mass is 528 g/mol. The number of aliphatic imine (C=N–C) groups is 1. The van der Waals surface area contributed by atoms with Crippen LogP contribution in [0.2, 0.25) is 0 Å². The Kier molecular flexibility index (Phi) is 12.4. The maximum absolute atomic E-state index is 10.8. The van der Waals surface area contributed by atoms with E-state index in [1.807, 2.05) is 24.3 Å². The first-order chi connectivity index (χ1) is 14.1. The summed E-state index contributed by atoms with van der Waals surface area (Å²) in [5.74, 6) is 1.54. The number of nitrogens with one attached hydrogen (secondary N) is 2. The van der Waals surface area contributed by atoms with Crippen molar-refractivity contribution in [2.45, 2.75) is 19.4 Å². The van der Waals surface area contributed by atoms with Crippen molar-refractivity contribution in [1.29, 1.82) is 0 Å². The molecule has 0 heterocycles. The molecule has 0 saturated carbocycles. The average molecular weight is 528 g/mol. The van der Waals surface area contributed by atoms with E-state index in [1.54, 1.807) is 26.4 Å². The van der Waals surface area contributed by atoms with Crippen LogP contribution in [-0.4, -0.2) is 44.8 Å². The Morgan fingerprint density at radius 3 is 2.23 bits per heavy atom. The summed E-state index contributed by atoms with van der Waals surface area (Å²) in [6.07, 6.45) is 1.72. The first kappa shape index (κ1) is 25.6. The Hall–Kier alpha value is -2.40. The van der Waals surface area contributed by atoms with Crippen molar-refractivity contribution in [1.82, 2.24) is 10.6 Å². The summed E-state index contributed by atoms with van der Waals surface area (Å²) in [5.41, 5.74) is 2.18. The Morgan fingerprint density at radius 1 is 1.00 bits per heavy atom. The van der Waals surface area contributed by atoms with Crippen molar-refractivity contribution in [2.24, 2.45) is 4.99 Å². The minimum Gasteiger partial charge on any atom is -0.497 e. The van der Waals surface area contributed by atoms with Gasteiger partial charge in [-0.3, -0.25) is 10.1 Å². The van der Waals surface area contributed by atoms with Gasteiger partial charge in [0.15, 0.2) is 5.96 Å². The van der Waals surface area contributed by atoms with Crippen LogP contribution in [0.5, 0.6) is 5.75 Å². The van der Waals surface area contributed by atoms with E-state index in [2.05, 4.69) is 15.6 Å². The molecule has 0 amide bonds. The van der Waals surface area contributed by atoms with Crippen molar-refractivity contribution in [3.63, 3.8) is 0 Å². The van der Waals surface area contributed by atoms with E-state index in [9.17, 15) is 10.1 Å². The molecule has 0 unspecified atom stereocenters. The van der Waals surface area contributed by atoms with Crippen LogP contribution >= 0.6 is 24.0 Å². The van der Waals surface area contributed by atoms with E-state index in [1.165, 1.54) is 17.7 Å². The highest BCUT2D eigenvalue weighted by atomic mass is 127. The molecule has 0 aliphatic heterocycles. The molecular weight excluding hydrogens is 499 g/mol. The molecule has 0 fully saturated rings. The summed E-state index contributed by atoms with van der Waals surface area (Å²) in [5, 5.41) is 17.4. The lowest BCUT2D eigenvalue weighted by molar-refractivity contribution is -0.384. The highest BCUT2D eigenvalue weighted by molar-refractivity contribution is 14.0. The fourth-order valence-corrected chi connectivity index (χ4v) is 2.61. The van der Waals surface area contributed by atoms with Crippen LogP contribution < -0.4 is 15.4 Å². The molecule has 164 valence electrons. The number of halogens is 1. The van der Waals surface area contributed by atoms with Gasteiger partial charge >= 0.3 is 0 Å². The molecule has 0 aliphatic carbocycles. The Labute approximate surface area is 194 Å². The van der Waals surface area contributed by atoms with Gasteiger partial charge in [-0.15, -0.1) is 24.0 Å². The summed E-state index contributed by atoms with van der Waals surface area (Å²) in [6, 6.07) is 14.4. The maximum atomic E-state index is 10.8. The zero-order valence-corrected chi connectivity index (χ0v) is 19.6. The van der Waals surface area contributed by atoms with Gasteiger partial charge in [-0.25, -0.2) is 4.99 Å². The van der Waals surface area contributed by atoms with Crippen LogP contribution in [0.1, 0.15) is 17.5 Å². The van der Waals surface area contributed by atoms with Gasteiger partial charge in [0, 0.05) is 38.9 Å². The van der Waals surface area contributed by atoms with E-state index in [-0.39, 0.29) is 29.7 Å². The topological polar surface area (TPSA) is 98.0 Å². The number of nitro benzene ring substituents is 1. The first-order valence-electron chi connectivity index (χ1n) is 9.49. The van der Waals surface area contributed by atoms with E-state index >= 15 is 0 Å². The van der Waals surface area contributed by atoms with Gasteiger partial charge in [-0.1, -0.05) is 24.3 Å². The van der Waals surface area contributed by atoms with Gasteiger partial charge < -0.3 is 20.1 Å². The number of non-ortho nitro benzene ring substituents is 1. The number of nitrogens with zero attached hydrogens (tertiary/aromatic N) is 2. The van der Waals surface area contributed by atoms with E-state index in [4.69, 9.17) is 9.47 Å². The van der Waals surface area contributed by atoms with Crippen molar-refractivity contribution < 1.29 is 14.4 Å². The molecule has 0 spiro atoms. The number of nitro groups is 1. The summed E-state index contributed by atoms with van der Waals surface area (Å²) in [6.45, 7) is 2.57. The minimum atomic E-state index is -0.406. The predicted molar refractivity (Wildman–Crippen MR) is 129 cm³/mol. The average Bonchev–Trinajstić information content (AvgIpc) is 2.75. The molecule has 0 atom stereocenters. The van der Waals surface area contributed by atoms with E-state index in [0.29, 0.717) is 19.1 Å². The lowest BCUT2D eigenvalue weighted by Crippen LogP contribution is -2.39. The SMILES string of the molecule is COCCCNC(=NCc1ccc([N+](=O)[O-])cc1)NCCc1ccc(OC)cc1.I. The molecule has 8 nitrogen and oxygen atoms in total. The van der Waals surface area contributed by atoms with Gasteiger partial charge in [-0.05, 0) is 36.1 Å². The first-order valence-corrected chi connectivity index (χ1v) is 9.49. The van der Waals surface area contributed by atoms with E-state index < -0.39 is 4.92 Å². The third-order valence-corrected chi connectivity index (χ3v) is 4.25. The van der Waals surface area contributed by atoms with Crippen LogP contribution in [0.25, 0.3) is 0 Å². The zero-order chi connectivity index (χ0) is 20.9. The third-order valence-electron chi connectivity index (χ3n) is 4.25. The smallest absolute Gasteiger partial charge is 0.269 e. The van der Waals surface area contributed by atoms with Gasteiger partial charge in [0.25, 0.3) is 5.69 Å². The second-order valence-electron chi connectivity index (χ2n) is 6.39. The molecule has 0 aromatic heterocycles. The highest BCUT2D eigenvalue weighted by Gasteiger charge is 2.04. The standard InChI is InChI=1S/C21H28N4O4.HI/c1-28-15-3-13-22-21(23-14-12-17-6-10-20(29-2)11-7-17)24-16-18-4-8-19(9-5-18)25(26)27;/h4-11H,3,12-16H2,1-2H3,(H2,22,23,24);1H. The molecule has 0 radical (unpaired) electrons. The van der Waals surface area contributed by atoms with Crippen molar-refractivity contribution in [3.05, 3.63) is 69.8 Å². The Balaban J connectivity index is 0.00000450. The summed E-state index contributed by atoms with van der Waals surface area (Å²) < 4.78 is 10.3. The zero-order valence-electron chi connectivity index (χ0n) is 17.3. The van der Waals surface area contributed by atoms with Crippen LogP contribution in [0.15, 0.2) is 53.5 Å². The third kappa shape index (κ3) is 9.40. The number of hydrogen-bond donors (Lipinski definition) is 2. The van der Waals surface area contributed by atoms with Crippen molar-refractivity contribution in [3.8, 4) is 5.75 Å². The number of hydrogen-bond acceptors (Lipinski definition) is 5. The second kappa shape index (κ2) is 14.6. The summed E-state index contributed by atoms with van der Waals surface area (Å²) in [4.78, 5) is 14.9.